The van der Waals surface area contributed by atoms with Crippen molar-refractivity contribution in [2.75, 3.05) is 0 Å². The molecular weight excluding hydrogens is 426 g/mol. The number of amides is 1. The first-order chi connectivity index (χ1) is 15.6. The van der Waals surface area contributed by atoms with Crippen LogP contribution in [-0.2, 0) is 9.53 Å². The van der Waals surface area contributed by atoms with Crippen LogP contribution in [0.25, 0.3) is 16.9 Å². The lowest BCUT2D eigenvalue weighted by Gasteiger charge is -2.19. The Hall–Kier alpha value is -3.97. The monoisotopic (exact) mass is 443 g/mol. The first kappa shape index (κ1) is 20.0. The molecule has 0 saturated carbocycles. The molecule has 3 heterocycles. The minimum Gasteiger partial charge on any atom is -0.446 e. The van der Waals surface area contributed by atoms with Crippen molar-refractivity contribution in [3.63, 3.8) is 0 Å². The number of nitrogens with zero attached hydrogens (tertiary/aromatic N) is 5. The van der Waals surface area contributed by atoms with E-state index in [-0.39, 0.29) is 5.91 Å². The molecule has 0 aliphatic carbocycles. The van der Waals surface area contributed by atoms with E-state index in [1.807, 2.05) is 48.7 Å². The first-order valence-electron chi connectivity index (χ1n) is 9.96. The van der Waals surface area contributed by atoms with Crippen molar-refractivity contribution in [3.05, 3.63) is 101 Å². The highest BCUT2D eigenvalue weighted by atomic mass is 35.5. The Morgan fingerprint density at radius 3 is 2.38 bits per heavy atom. The number of pyridine rings is 1. The van der Waals surface area contributed by atoms with Crippen LogP contribution in [0, 0.1) is 0 Å². The molecule has 8 heteroatoms. The molecule has 2 aromatic heterocycles. The van der Waals surface area contributed by atoms with Crippen molar-refractivity contribution in [2.45, 2.75) is 13.2 Å². The van der Waals surface area contributed by atoms with Gasteiger partial charge >= 0.3 is 0 Å². The predicted molar refractivity (Wildman–Crippen MR) is 121 cm³/mol. The molecule has 1 atom stereocenters. The van der Waals surface area contributed by atoms with E-state index in [9.17, 15) is 4.79 Å². The van der Waals surface area contributed by atoms with Gasteiger partial charge in [-0.05, 0) is 36.4 Å². The van der Waals surface area contributed by atoms with Gasteiger partial charge in [0.1, 0.15) is 5.69 Å². The second-order valence-electron chi connectivity index (χ2n) is 7.19. The third kappa shape index (κ3) is 3.74. The SMILES string of the molecule is CC(=O)N1N=C(c2ccncc2)O[C@@H]1c1cn(-c2ccccc2)nc1-c1ccc(Cl)cc1. The smallest absolute Gasteiger partial charge is 0.243 e. The molecule has 0 N–H and O–H groups in total. The summed E-state index contributed by atoms with van der Waals surface area (Å²) in [5, 5.41) is 11.2. The summed E-state index contributed by atoms with van der Waals surface area (Å²) in [5.41, 5.74) is 3.85. The lowest BCUT2D eigenvalue weighted by atomic mass is 10.1. The quantitative estimate of drug-likeness (QED) is 0.453. The molecule has 0 spiro atoms. The number of carbonyl (C=O) groups is 1. The van der Waals surface area contributed by atoms with Gasteiger partial charge in [0.25, 0.3) is 0 Å². The summed E-state index contributed by atoms with van der Waals surface area (Å²) in [6.45, 7) is 1.46. The molecule has 0 unspecified atom stereocenters. The highest BCUT2D eigenvalue weighted by Gasteiger charge is 2.36. The predicted octanol–water partition coefficient (Wildman–Crippen LogP) is 4.83. The number of benzene rings is 2. The molecule has 2 aromatic carbocycles. The zero-order valence-electron chi connectivity index (χ0n) is 17.1. The summed E-state index contributed by atoms with van der Waals surface area (Å²) in [4.78, 5) is 16.5. The van der Waals surface area contributed by atoms with Crippen molar-refractivity contribution in [2.24, 2.45) is 5.10 Å². The molecule has 1 aliphatic heterocycles. The van der Waals surface area contributed by atoms with Crippen LogP contribution in [0.4, 0.5) is 0 Å². The van der Waals surface area contributed by atoms with Gasteiger partial charge in [-0.25, -0.2) is 4.68 Å². The molecule has 32 heavy (non-hydrogen) atoms. The molecule has 158 valence electrons. The van der Waals surface area contributed by atoms with Gasteiger partial charge in [-0.3, -0.25) is 9.78 Å². The second kappa shape index (κ2) is 8.28. The number of hydrazone groups is 1. The number of rotatable bonds is 4. The Morgan fingerprint density at radius 1 is 0.969 bits per heavy atom. The van der Waals surface area contributed by atoms with E-state index in [0.717, 1.165) is 16.8 Å². The van der Waals surface area contributed by atoms with Crippen LogP contribution in [0.2, 0.25) is 5.02 Å². The van der Waals surface area contributed by atoms with Crippen molar-refractivity contribution >= 4 is 23.4 Å². The van der Waals surface area contributed by atoms with Gasteiger partial charge in [0.05, 0.1) is 11.3 Å². The molecule has 7 nitrogen and oxygen atoms in total. The third-order valence-corrected chi connectivity index (χ3v) is 5.29. The van der Waals surface area contributed by atoms with Crippen LogP contribution in [-0.4, -0.2) is 31.6 Å². The van der Waals surface area contributed by atoms with Crippen molar-refractivity contribution in [1.82, 2.24) is 19.8 Å². The molecule has 1 aliphatic rings. The van der Waals surface area contributed by atoms with E-state index in [2.05, 4.69) is 10.1 Å². The maximum atomic E-state index is 12.5. The van der Waals surface area contributed by atoms with Crippen LogP contribution < -0.4 is 0 Å². The molecule has 1 amide bonds. The first-order valence-corrected chi connectivity index (χ1v) is 10.3. The van der Waals surface area contributed by atoms with Crippen LogP contribution in [0.5, 0.6) is 0 Å². The van der Waals surface area contributed by atoms with E-state index in [1.165, 1.54) is 11.9 Å². The average molecular weight is 444 g/mol. The molecule has 0 fully saturated rings. The zero-order valence-corrected chi connectivity index (χ0v) is 17.8. The number of para-hydroxylation sites is 1. The number of hydrogen-bond donors (Lipinski definition) is 0. The minimum atomic E-state index is -0.765. The Labute approximate surface area is 189 Å². The molecular formula is C24H18ClN5O2. The van der Waals surface area contributed by atoms with Gasteiger partial charge in [-0.2, -0.15) is 10.1 Å². The normalized spacial score (nSPS) is 15.4. The van der Waals surface area contributed by atoms with Gasteiger partial charge in [0.15, 0.2) is 0 Å². The second-order valence-corrected chi connectivity index (χ2v) is 7.63. The van der Waals surface area contributed by atoms with Gasteiger partial charge in [-0.1, -0.05) is 41.9 Å². The maximum absolute atomic E-state index is 12.5. The Bertz CT molecular complexity index is 1290. The fraction of sp³-hybridized carbons (Fsp3) is 0.0833. The van der Waals surface area contributed by atoms with Crippen LogP contribution in [0.3, 0.4) is 0 Å². The summed E-state index contributed by atoms with van der Waals surface area (Å²) < 4.78 is 7.96. The lowest BCUT2D eigenvalue weighted by Crippen LogP contribution is -2.25. The number of halogens is 1. The zero-order chi connectivity index (χ0) is 22.1. The summed E-state index contributed by atoms with van der Waals surface area (Å²) >= 11 is 6.09. The maximum Gasteiger partial charge on any atom is 0.243 e. The fourth-order valence-corrected chi connectivity index (χ4v) is 3.62. The summed E-state index contributed by atoms with van der Waals surface area (Å²) in [5.74, 6) is 0.107. The van der Waals surface area contributed by atoms with E-state index in [4.69, 9.17) is 21.4 Å². The number of hydrogen-bond acceptors (Lipinski definition) is 5. The largest absolute Gasteiger partial charge is 0.446 e. The number of aromatic nitrogens is 3. The standard InChI is InChI=1S/C24H18ClN5O2/c1-16(31)30-24(32-23(28-30)18-11-13-26-14-12-18)21-15-29(20-5-3-2-4-6-20)27-22(21)17-7-9-19(25)10-8-17/h2-15,24H,1H3/t24-/m1/s1. The van der Waals surface area contributed by atoms with E-state index >= 15 is 0 Å². The van der Waals surface area contributed by atoms with Crippen molar-refractivity contribution in [1.29, 1.82) is 0 Å². The van der Waals surface area contributed by atoms with Gasteiger partial charge in [0, 0.05) is 41.7 Å². The highest BCUT2D eigenvalue weighted by Crippen LogP contribution is 2.36. The summed E-state index contributed by atoms with van der Waals surface area (Å²) in [7, 11) is 0. The summed E-state index contributed by atoms with van der Waals surface area (Å²) in [6, 6.07) is 20.7. The van der Waals surface area contributed by atoms with E-state index in [0.29, 0.717) is 22.2 Å². The van der Waals surface area contributed by atoms with Gasteiger partial charge in [-0.15, -0.1) is 5.10 Å². The summed E-state index contributed by atoms with van der Waals surface area (Å²) in [6.07, 6.45) is 4.40. The Balaban J connectivity index is 1.62. The van der Waals surface area contributed by atoms with Gasteiger partial charge < -0.3 is 4.74 Å². The topological polar surface area (TPSA) is 72.6 Å². The van der Waals surface area contributed by atoms with Gasteiger partial charge in [0.2, 0.25) is 18.0 Å². The van der Waals surface area contributed by atoms with E-state index in [1.54, 1.807) is 41.3 Å². The average Bonchev–Trinajstić information content (AvgIpc) is 3.46. The number of ether oxygens (including phenoxy) is 1. The molecule has 0 radical (unpaired) electrons. The Kier molecular flexibility index (Phi) is 5.17. The minimum absolute atomic E-state index is 0.242. The number of carbonyl (C=O) groups excluding carboxylic acids is 1. The molecule has 4 aromatic rings. The highest BCUT2D eigenvalue weighted by molar-refractivity contribution is 6.30. The fourth-order valence-electron chi connectivity index (χ4n) is 3.49. The van der Waals surface area contributed by atoms with Crippen molar-refractivity contribution in [3.8, 4) is 16.9 Å². The van der Waals surface area contributed by atoms with E-state index < -0.39 is 6.23 Å². The van der Waals surface area contributed by atoms with Crippen LogP contribution >= 0.6 is 11.6 Å². The lowest BCUT2D eigenvalue weighted by molar-refractivity contribution is -0.135. The van der Waals surface area contributed by atoms with Crippen LogP contribution in [0.1, 0.15) is 24.3 Å². The molecule has 0 saturated heterocycles. The molecule has 5 rings (SSSR count). The van der Waals surface area contributed by atoms with Crippen molar-refractivity contribution < 1.29 is 9.53 Å². The third-order valence-electron chi connectivity index (χ3n) is 5.04. The van der Waals surface area contributed by atoms with Crippen LogP contribution in [0.15, 0.2) is 90.4 Å². The Morgan fingerprint density at radius 2 is 1.69 bits per heavy atom. The molecule has 0 bridgehead atoms.